The van der Waals surface area contributed by atoms with Crippen molar-refractivity contribution >= 4 is 11.8 Å². The lowest BCUT2D eigenvalue weighted by Crippen LogP contribution is -2.49. The van der Waals surface area contributed by atoms with Crippen LogP contribution < -0.4 is 11.1 Å². The van der Waals surface area contributed by atoms with Crippen LogP contribution in [0.3, 0.4) is 0 Å². The van der Waals surface area contributed by atoms with Crippen LogP contribution in [0.1, 0.15) is 13.8 Å². The molecule has 3 N–H and O–H groups in total. The average Bonchev–Trinajstić information content (AvgIpc) is 2.35. The smallest absolute Gasteiger partial charge is 0.242 e. The molecule has 1 saturated heterocycles. The van der Waals surface area contributed by atoms with Crippen LogP contribution in [0.5, 0.6) is 0 Å². The van der Waals surface area contributed by atoms with Crippen molar-refractivity contribution in [3.05, 3.63) is 0 Å². The van der Waals surface area contributed by atoms with Crippen LogP contribution >= 0.6 is 0 Å². The fraction of sp³-hybridized carbons (Fsp3) is 0.818. The lowest BCUT2D eigenvalue weighted by Gasteiger charge is -2.27. The molecule has 0 aromatic carbocycles. The number of ether oxygens (including phenoxy) is 1. The molecular weight excluding hydrogens is 222 g/mol. The van der Waals surface area contributed by atoms with Gasteiger partial charge < -0.3 is 20.7 Å². The summed E-state index contributed by atoms with van der Waals surface area (Å²) in [6, 6.07) is -0.563. The van der Waals surface area contributed by atoms with Gasteiger partial charge in [0.05, 0.1) is 25.8 Å². The number of nitrogens with one attached hydrogen (secondary N) is 1. The summed E-state index contributed by atoms with van der Waals surface area (Å²) in [6.45, 7) is 6.05. The molecule has 0 bridgehead atoms. The molecule has 98 valence electrons. The maximum Gasteiger partial charge on any atom is 0.242 e. The summed E-state index contributed by atoms with van der Waals surface area (Å²) in [7, 11) is 0. The van der Waals surface area contributed by atoms with Gasteiger partial charge >= 0.3 is 0 Å². The van der Waals surface area contributed by atoms with Gasteiger partial charge in [-0.05, 0) is 5.92 Å². The Kier molecular flexibility index (Phi) is 5.37. The molecule has 6 heteroatoms. The van der Waals surface area contributed by atoms with E-state index in [4.69, 9.17) is 10.5 Å². The maximum atomic E-state index is 11.7. The normalized spacial score (nSPS) is 18.0. The highest BCUT2D eigenvalue weighted by atomic mass is 16.5. The van der Waals surface area contributed by atoms with Crippen LogP contribution in [0.25, 0.3) is 0 Å². The van der Waals surface area contributed by atoms with Crippen LogP contribution in [-0.4, -0.2) is 55.6 Å². The molecule has 1 fully saturated rings. The molecule has 0 unspecified atom stereocenters. The second kappa shape index (κ2) is 6.56. The summed E-state index contributed by atoms with van der Waals surface area (Å²) in [5.41, 5.74) is 5.67. The van der Waals surface area contributed by atoms with Gasteiger partial charge in [-0.25, -0.2) is 0 Å². The van der Waals surface area contributed by atoms with Gasteiger partial charge in [-0.2, -0.15) is 0 Å². The molecule has 2 amide bonds. The molecule has 1 aliphatic heterocycles. The summed E-state index contributed by atoms with van der Waals surface area (Å²) < 4.78 is 5.14. The molecule has 1 atom stereocenters. The number of nitrogens with zero attached hydrogens (tertiary/aromatic N) is 1. The molecule has 0 spiro atoms. The first-order valence-electron chi connectivity index (χ1n) is 5.91. The van der Waals surface area contributed by atoms with Crippen molar-refractivity contribution in [1.29, 1.82) is 0 Å². The minimum atomic E-state index is -0.563. The molecule has 0 aromatic rings. The van der Waals surface area contributed by atoms with E-state index >= 15 is 0 Å². The molecule has 0 aliphatic carbocycles. The number of carbonyl (C=O) groups excluding carboxylic acids is 2. The van der Waals surface area contributed by atoms with Crippen LogP contribution in [0.15, 0.2) is 0 Å². The van der Waals surface area contributed by atoms with Crippen molar-refractivity contribution < 1.29 is 14.3 Å². The second-order valence-corrected chi connectivity index (χ2v) is 4.48. The van der Waals surface area contributed by atoms with Crippen molar-refractivity contribution in [2.24, 2.45) is 11.7 Å². The van der Waals surface area contributed by atoms with E-state index in [1.54, 1.807) is 4.90 Å². The molecule has 17 heavy (non-hydrogen) atoms. The van der Waals surface area contributed by atoms with Crippen LogP contribution in [-0.2, 0) is 14.3 Å². The van der Waals surface area contributed by atoms with Crippen molar-refractivity contribution in [2.45, 2.75) is 19.9 Å². The summed E-state index contributed by atoms with van der Waals surface area (Å²) >= 11 is 0. The topological polar surface area (TPSA) is 84.7 Å². The molecular formula is C11H21N3O3. The van der Waals surface area contributed by atoms with Gasteiger partial charge in [-0.1, -0.05) is 13.8 Å². The standard InChI is InChI=1S/C11H21N3O3/c1-8(2)10(12)11(16)13-7-9(15)14-3-5-17-6-4-14/h8,10H,3-7,12H2,1-2H3,(H,13,16)/t10-/m0/s1. The summed E-state index contributed by atoms with van der Waals surface area (Å²) in [5.74, 6) is -0.298. The van der Waals surface area contributed by atoms with E-state index in [0.717, 1.165) is 0 Å². The van der Waals surface area contributed by atoms with E-state index in [0.29, 0.717) is 26.3 Å². The van der Waals surface area contributed by atoms with E-state index in [-0.39, 0.29) is 24.3 Å². The van der Waals surface area contributed by atoms with Gasteiger partial charge in [-0.3, -0.25) is 9.59 Å². The van der Waals surface area contributed by atoms with E-state index in [1.807, 2.05) is 13.8 Å². The summed E-state index contributed by atoms with van der Waals surface area (Å²) in [5, 5.41) is 2.56. The van der Waals surface area contributed by atoms with Gasteiger partial charge in [-0.15, -0.1) is 0 Å². The molecule has 0 radical (unpaired) electrons. The lowest BCUT2D eigenvalue weighted by molar-refractivity contribution is -0.136. The number of morpholine rings is 1. The molecule has 1 heterocycles. The molecule has 6 nitrogen and oxygen atoms in total. The highest BCUT2D eigenvalue weighted by Gasteiger charge is 2.20. The fourth-order valence-electron chi connectivity index (χ4n) is 1.51. The number of amides is 2. The Morgan fingerprint density at radius 3 is 2.47 bits per heavy atom. The highest BCUT2D eigenvalue weighted by Crippen LogP contribution is 1.99. The van der Waals surface area contributed by atoms with Crippen molar-refractivity contribution in [1.82, 2.24) is 10.2 Å². The summed E-state index contributed by atoms with van der Waals surface area (Å²) in [6.07, 6.45) is 0. The average molecular weight is 243 g/mol. The molecule has 1 rings (SSSR count). The first kappa shape index (κ1) is 13.9. The zero-order valence-electron chi connectivity index (χ0n) is 10.4. The Hall–Kier alpha value is -1.14. The van der Waals surface area contributed by atoms with Crippen molar-refractivity contribution in [3.63, 3.8) is 0 Å². The fourth-order valence-corrected chi connectivity index (χ4v) is 1.51. The predicted molar refractivity (Wildman–Crippen MR) is 63.2 cm³/mol. The SMILES string of the molecule is CC(C)[C@H](N)C(=O)NCC(=O)N1CCOCC1. The number of nitrogens with two attached hydrogens (primary N) is 1. The summed E-state index contributed by atoms with van der Waals surface area (Å²) in [4.78, 5) is 24.9. The third-order valence-electron chi connectivity index (χ3n) is 2.80. The number of hydrogen-bond donors (Lipinski definition) is 2. The van der Waals surface area contributed by atoms with Crippen LogP contribution in [0, 0.1) is 5.92 Å². The highest BCUT2D eigenvalue weighted by molar-refractivity contribution is 5.87. The van der Waals surface area contributed by atoms with Gasteiger partial charge in [0.2, 0.25) is 11.8 Å². The second-order valence-electron chi connectivity index (χ2n) is 4.48. The van der Waals surface area contributed by atoms with Gasteiger partial charge in [0.1, 0.15) is 0 Å². The van der Waals surface area contributed by atoms with Gasteiger partial charge in [0.25, 0.3) is 0 Å². The van der Waals surface area contributed by atoms with E-state index in [1.165, 1.54) is 0 Å². The zero-order valence-corrected chi connectivity index (χ0v) is 10.4. The number of carbonyl (C=O) groups is 2. The number of rotatable bonds is 4. The Morgan fingerprint density at radius 1 is 1.35 bits per heavy atom. The lowest BCUT2D eigenvalue weighted by atomic mass is 10.1. The van der Waals surface area contributed by atoms with Gasteiger partial charge in [0, 0.05) is 13.1 Å². The van der Waals surface area contributed by atoms with Crippen LogP contribution in [0.2, 0.25) is 0 Å². The van der Waals surface area contributed by atoms with E-state index in [9.17, 15) is 9.59 Å². The minimum Gasteiger partial charge on any atom is -0.378 e. The van der Waals surface area contributed by atoms with Crippen LogP contribution in [0.4, 0.5) is 0 Å². The third kappa shape index (κ3) is 4.32. The predicted octanol–water partition coefficient (Wildman–Crippen LogP) is -1.06. The van der Waals surface area contributed by atoms with E-state index < -0.39 is 6.04 Å². The van der Waals surface area contributed by atoms with Gasteiger partial charge in [0.15, 0.2) is 0 Å². The molecule has 1 aliphatic rings. The van der Waals surface area contributed by atoms with E-state index in [2.05, 4.69) is 5.32 Å². The quantitative estimate of drug-likeness (QED) is 0.659. The maximum absolute atomic E-state index is 11.7. The molecule has 0 aromatic heterocycles. The minimum absolute atomic E-state index is 0.0131. The monoisotopic (exact) mass is 243 g/mol. The zero-order chi connectivity index (χ0) is 12.8. The Morgan fingerprint density at radius 2 is 1.94 bits per heavy atom. The third-order valence-corrected chi connectivity index (χ3v) is 2.80. The number of hydrogen-bond acceptors (Lipinski definition) is 4. The van der Waals surface area contributed by atoms with Crippen molar-refractivity contribution in [2.75, 3.05) is 32.8 Å². The van der Waals surface area contributed by atoms with Crippen molar-refractivity contribution in [3.8, 4) is 0 Å². The molecule has 0 saturated carbocycles. The largest absolute Gasteiger partial charge is 0.378 e. The Labute approximate surface area is 101 Å². The Balaban J connectivity index is 2.29. The first-order chi connectivity index (χ1) is 8.02. The Bertz CT molecular complexity index is 275. The first-order valence-corrected chi connectivity index (χ1v) is 5.91.